The summed E-state index contributed by atoms with van der Waals surface area (Å²) in [5.74, 6) is 2.12. The Morgan fingerprint density at radius 2 is 1.70 bits per heavy atom. The molecule has 0 aliphatic carbocycles. The molecule has 8 heteroatoms. The first-order chi connectivity index (χ1) is 17.4. The average molecular weight is 508 g/mol. The molecule has 2 aromatic rings. The van der Waals surface area contributed by atoms with Crippen molar-refractivity contribution in [3.8, 4) is 18.1 Å². The maximum Gasteiger partial charge on any atom is 0.408 e. The van der Waals surface area contributed by atoms with Gasteiger partial charge in [-0.2, -0.15) is 0 Å². The highest BCUT2D eigenvalue weighted by atomic mass is 16.6. The van der Waals surface area contributed by atoms with Crippen LogP contribution in [0.4, 0.5) is 10.5 Å². The smallest absolute Gasteiger partial charge is 0.408 e. The van der Waals surface area contributed by atoms with Crippen molar-refractivity contribution >= 4 is 23.6 Å². The molecule has 0 heterocycles. The molecule has 8 nitrogen and oxygen atoms in total. The van der Waals surface area contributed by atoms with Gasteiger partial charge in [0.2, 0.25) is 5.91 Å². The highest BCUT2D eigenvalue weighted by Gasteiger charge is 2.37. The third-order valence-electron chi connectivity index (χ3n) is 5.90. The summed E-state index contributed by atoms with van der Waals surface area (Å²) in [5, 5.41) is 5.57. The van der Waals surface area contributed by atoms with Gasteiger partial charge in [0.1, 0.15) is 23.4 Å². The fourth-order valence-electron chi connectivity index (χ4n) is 3.74. The molecule has 3 atom stereocenters. The van der Waals surface area contributed by atoms with Gasteiger partial charge in [0.25, 0.3) is 5.91 Å². The van der Waals surface area contributed by atoms with Gasteiger partial charge in [0.05, 0.1) is 7.11 Å². The number of methoxy groups -OCH3 is 1. The molecule has 37 heavy (non-hydrogen) atoms. The molecular weight excluding hydrogens is 470 g/mol. The number of rotatable bonds is 9. The van der Waals surface area contributed by atoms with Crippen LogP contribution in [-0.2, 0) is 14.3 Å². The summed E-state index contributed by atoms with van der Waals surface area (Å²) < 4.78 is 10.6. The van der Waals surface area contributed by atoms with Gasteiger partial charge in [-0.15, -0.1) is 6.42 Å². The lowest BCUT2D eigenvalue weighted by atomic mass is 9.94. The largest absolute Gasteiger partial charge is 0.497 e. The average Bonchev–Trinajstić information content (AvgIpc) is 2.86. The predicted molar refractivity (Wildman–Crippen MR) is 144 cm³/mol. The monoisotopic (exact) mass is 507 g/mol. The van der Waals surface area contributed by atoms with E-state index < -0.39 is 35.6 Å². The quantitative estimate of drug-likeness (QED) is 0.477. The summed E-state index contributed by atoms with van der Waals surface area (Å²) >= 11 is 0. The SMILES string of the molecule is C#Cc1ccccc1C(C(=O)Nc1ccc(OC)cc1)N(C)C(=O)C(NC(=O)OC(C)(C)C)C(C)CC. The Kier molecular flexibility index (Phi) is 10.1. The number of anilines is 1. The van der Waals surface area contributed by atoms with Crippen LogP contribution in [0.5, 0.6) is 5.75 Å². The predicted octanol–water partition coefficient (Wildman–Crippen LogP) is 4.75. The van der Waals surface area contributed by atoms with Crippen LogP contribution >= 0.6 is 0 Å². The molecule has 198 valence electrons. The van der Waals surface area contributed by atoms with Gasteiger partial charge in [0, 0.05) is 18.3 Å². The number of likely N-dealkylation sites (N-methyl/N-ethyl adjacent to an activating group) is 1. The molecule has 3 unspecified atom stereocenters. The second-order valence-corrected chi connectivity index (χ2v) is 9.81. The summed E-state index contributed by atoms with van der Waals surface area (Å²) in [7, 11) is 3.08. The van der Waals surface area contributed by atoms with E-state index in [0.29, 0.717) is 29.0 Å². The lowest BCUT2D eigenvalue weighted by Crippen LogP contribution is -2.53. The highest BCUT2D eigenvalue weighted by Crippen LogP contribution is 2.27. The third-order valence-corrected chi connectivity index (χ3v) is 5.90. The van der Waals surface area contributed by atoms with E-state index in [4.69, 9.17) is 15.9 Å². The van der Waals surface area contributed by atoms with Crippen molar-refractivity contribution in [3.63, 3.8) is 0 Å². The van der Waals surface area contributed by atoms with E-state index in [1.807, 2.05) is 13.8 Å². The number of benzene rings is 2. The molecule has 0 fully saturated rings. The molecule has 0 aliphatic rings. The van der Waals surface area contributed by atoms with E-state index >= 15 is 0 Å². The topological polar surface area (TPSA) is 97.0 Å². The van der Waals surface area contributed by atoms with Crippen molar-refractivity contribution in [1.82, 2.24) is 10.2 Å². The first kappa shape index (κ1) is 29.2. The summed E-state index contributed by atoms with van der Waals surface area (Å²) in [4.78, 5) is 41.3. The van der Waals surface area contributed by atoms with E-state index in [2.05, 4.69) is 16.6 Å². The molecule has 0 saturated heterocycles. The number of carbonyl (C=O) groups excluding carboxylic acids is 3. The fourth-order valence-corrected chi connectivity index (χ4v) is 3.74. The van der Waals surface area contributed by atoms with Crippen molar-refractivity contribution in [2.45, 2.75) is 58.7 Å². The van der Waals surface area contributed by atoms with Gasteiger partial charge >= 0.3 is 6.09 Å². The molecule has 2 rings (SSSR count). The second kappa shape index (κ2) is 12.8. The first-order valence-electron chi connectivity index (χ1n) is 12.2. The van der Waals surface area contributed by atoms with Crippen LogP contribution in [0.15, 0.2) is 48.5 Å². The number of amides is 3. The van der Waals surface area contributed by atoms with Crippen LogP contribution in [-0.4, -0.2) is 48.6 Å². The molecule has 0 aliphatic heterocycles. The number of hydrogen-bond donors (Lipinski definition) is 2. The maximum absolute atomic E-state index is 13.8. The maximum atomic E-state index is 13.8. The molecule has 0 spiro atoms. The van der Waals surface area contributed by atoms with E-state index in [-0.39, 0.29) is 5.92 Å². The molecule has 3 amide bonds. The molecule has 2 N–H and O–H groups in total. The van der Waals surface area contributed by atoms with Crippen LogP contribution in [0.3, 0.4) is 0 Å². The van der Waals surface area contributed by atoms with Gasteiger partial charge in [-0.05, 0) is 62.6 Å². The molecule has 0 bridgehead atoms. The number of nitrogens with zero attached hydrogens (tertiary/aromatic N) is 1. The normalized spacial score (nSPS) is 13.4. The molecule has 2 aromatic carbocycles. The van der Waals surface area contributed by atoms with Gasteiger partial charge in [-0.3, -0.25) is 9.59 Å². The Bertz CT molecular complexity index is 1130. The van der Waals surface area contributed by atoms with Crippen molar-refractivity contribution in [2.75, 3.05) is 19.5 Å². The van der Waals surface area contributed by atoms with Crippen LogP contribution in [0.2, 0.25) is 0 Å². The number of hydrogen-bond acceptors (Lipinski definition) is 5. The van der Waals surface area contributed by atoms with Gasteiger partial charge in [0.15, 0.2) is 0 Å². The molecule has 0 radical (unpaired) electrons. The van der Waals surface area contributed by atoms with Crippen molar-refractivity contribution in [2.24, 2.45) is 5.92 Å². The molecule has 0 aromatic heterocycles. The lowest BCUT2D eigenvalue weighted by molar-refractivity contribution is -0.140. The van der Waals surface area contributed by atoms with Crippen molar-refractivity contribution < 1.29 is 23.9 Å². The Hall–Kier alpha value is -3.99. The van der Waals surface area contributed by atoms with E-state index in [9.17, 15) is 14.4 Å². The van der Waals surface area contributed by atoms with E-state index in [0.717, 1.165) is 0 Å². The molecular formula is C29H37N3O5. The zero-order valence-electron chi connectivity index (χ0n) is 22.6. The zero-order valence-corrected chi connectivity index (χ0v) is 22.6. The second-order valence-electron chi connectivity index (χ2n) is 9.81. The third kappa shape index (κ3) is 8.01. The summed E-state index contributed by atoms with van der Waals surface area (Å²) in [6, 6.07) is 11.8. The van der Waals surface area contributed by atoms with E-state index in [1.165, 1.54) is 11.9 Å². The minimum atomic E-state index is -1.06. The summed E-state index contributed by atoms with van der Waals surface area (Å²) in [6.07, 6.45) is 5.64. The van der Waals surface area contributed by atoms with Crippen LogP contribution in [0.1, 0.15) is 58.2 Å². The van der Waals surface area contributed by atoms with Crippen molar-refractivity contribution in [3.05, 3.63) is 59.7 Å². The Morgan fingerprint density at radius 3 is 2.24 bits per heavy atom. The summed E-state index contributed by atoms with van der Waals surface area (Å²) in [6.45, 7) is 9.01. The Balaban J connectivity index is 2.45. The Labute approximate surface area is 219 Å². The number of nitrogens with one attached hydrogen (secondary N) is 2. The minimum absolute atomic E-state index is 0.226. The molecule has 0 saturated carbocycles. The first-order valence-corrected chi connectivity index (χ1v) is 12.2. The van der Waals surface area contributed by atoms with Crippen LogP contribution < -0.4 is 15.4 Å². The van der Waals surface area contributed by atoms with Gasteiger partial charge in [-0.1, -0.05) is 44.4 Å². The lowest BCUT2D eigenvalue weighted by Gasteiger charge is -2.34. The van der Waals surface area contributed by atoms with Crippen molar-refractivity contribution in [1.29, 1.82) is 0 Å². The standard InChI is InChI=1S/C29H37N3O5/c1-9-19(3)24(31-28(35)37-29(4,5)6)27(34)32(7)25(23-14-12-11-13-20(23)10-2)26(33)30-21-15-17-22(36-8)18-16-21/h2,11-19,24-25H,9H2,1,3-8H3,(H,30,33)(H,31,35). The number of terminal acetylenes is 1. The summed E-state index contributed by atoms with van der Waals surface area (Å²) in [5.41, 5.74) is 0.774. The van der Waals surface area contributed by atoms with Crippen LogP contribution in [0, 0.1) is 18.3 Å². The zero-order chi connectivity index (χ0) is 27.8. The Morgan fingerprint density at radius 1 is 1.08 bits per heavy atom. The number of carbonyl (C=O) groups is 3. The van der Waals surface area contributed by atoms with Gasteiger partial charge < -0.3 is 25.0 Å². The highest BCUT2D eigenvalue weighted by molar-refractivity contribution is 5.99. The minimum Gasteiger partial charge on any atom is -0.497 e. The van der Waals surface area contributed by atoms with E-state index in [1.54, 1.807) is 76.4 Å². The number of alkyl carbamates (subject to hydrolysis) is 1. The fraction of sp³-hybridized carbons (Fsp3) is 0.414. The number of ether oxygens (including phenoxy) is 2. The van der Waals surface area contributed by atoms with Gasteiger partial charge in [-0.25, -0.2) is 4.79 Å². The van der Waals surface area contributed by atoms with Crippen LogP contribution in [0.25, 0.3) is 0 Å².